The lowest BCUT2D eigenvalue weighted by Crippen LogP contribution is -2.37. The van der Waals surface area contributed by atoms with Gasteiger partial charge < -0.3 is 10.2 Å². The Bertz CT molecular complexity index is 405. The highest BCUT2D eigenvalue weighted by molar-refractivity contribution is 9.10. The standard InChI is InChI=1S/C13H18BrN3O/c14-12-8-11(9-15-10-12)13(18)16-4-7-17-5-2-1-3-6-17/h8-10H,1-7H2,(H,16,18). The van der Waals surface area contributed by atoms with Gasteiger partial charge in [0.1, 0.15) is 0 Å². The molecule has 4 nitrogen and oxygen atoms in total. The Balaban J connectivity index is 1.74. The largest absolute Gasteiger partial charge is 0.351 e. The topological polar surface area (TPSA) is 45.2 Å². The Hall–Kier alpha value is -0.940. The number of rotatable bonds is 4. The SMILES string of the molecule is O=C(NCCN1CCCCC1)c1cncc(Br)c1. The van der Waals surface area contributed by atoms with Gasteiger partial charge in [-0.2, -0.15) is 0 Å². The highest BCUT2D eigenvalue weighted by Gasteiger charge is 2.10. The lowest BCUT2D eigenvalue weighted by Gasteiger charge is -2.26. The van der Waals surface area contributed by atoms with Crippen LogP contribution in [0.3, 0.4) is 0 Å². The third-order valence-electron chi connectivity index (χ3n) is 3.13. The Morgan fingerprint density at radius 2 is 2.11 bits per heavy atom. The Labute approximate surface area is 116 Å². The molecule has 1 aliphatic heterocycles. The molecule has 0 spiro atoms. The van der Waals surface area contributed by atoms with E-state index < -0.39 is 0 Å². The monoisotopic (exact) mass is 311 g/mol. The van der Waals surface area contributed by atoms with Gasteiger partial charge in [0.2, 0.25) is 0 Å². The Kier molecular flexibility index (Phi) is 5.13. The average molecular weight is 312 g/mol. The lowest BCUT2D eigenvalue weighted by atomic mass is 10.1. The second-order valence-corrected chi connectivity index (χ2v) is 5.47. The first-order chi connectivity index (χ1) is 8.75. The smallest absolute Gasteiger partial charge is 0.252 e. The molecule has 1 N–H and O–H groups in total. The molecule has 5 heteroatoms. The Morgan fingerprint density at radius 1 is 1.33 bits per heavy atom. The van der Waals surface area contributed by atoms with E-state index in [1.165, 1.54) is 19.3 Å². The van der Waals surface area contributed by atoms with Crippen LogP contribution in [0.1, 0.15) is 29.6 Å². The van der Waals surface area contributed by atoms with Crippen molar-refractivity contribution in [1.29, 1.82) is 0 Å². The molecule has 0 aliphatic carbocycles. The summed E-state index contributed by atoms with van der Waals surface area (Å²) < 4.78 is 0.825. The van der Waals surface area contributed by atoms with E-state index in [1.54, 1.807) is 18.5 Å². The maximum atomic E-state index is 11.8. The molecular formula is C13H18BrN3O. The average Bonchev–Trinajstić information content (AvgIpc) is 2.40. The molecule has 98 valence electrons. The van der Waals surface area contributed by atoms with Crippen molar-refractivity contribution < 1.29 is 4.79 Å². The van der Waals surface area contributed by atoms with Crippen LogP contribution in [0.4, 0.5) is 0 Å². The van der Waals surface area contributed by atoms with Crippen molar-refractivity contribution in [3.8, 4) is 0 Å². The van der Waals surface area contributed by atoms with Crippen molar-refractivity contribution in [3.05, 3.63) is 28.5 Å². The van der Waals surface area contributed by atoms with Gasteiger partial charge in [-0.1, -0.05) is 6.42 Å². The molecule has 0 atom stereocenters. The normalized spacial score (nSPS) is 16.5. The first kappa shape index (κ1) is 13.5. The number of halogens is 1. The molecule has 1 aromatic rings. The van der Waals surface area contributed by atoms with E-state index in [2.05, 4.69) is 31.1 Å². The minimum absolute atomic E-state index is 0.0548. The van der Waals surface area contributed by atoms with Crippen molar-refractivity contribution in [2.75, 3.05) is 26.2 Å². The second kappa shape index (κ2) is 6.85. The number of likely N-dealkylation sites (tertiary alicyclic amines) is 1. The summed E-state index contributed by atoms with van der Waals surface area (Å²) in [5, 5.41) is 2.93. The van der Waals surface area contributed by atoms with E-state index in [9.17, 15) is 4.79 Å². The number of carbonyl (C=O) groups is 1. The molecule has 1 saturated heterocycles. The summed E-state index contributed by atoms with van der Waals surface area (Å²) in [6.45, 7) is 3.96. The van der Waals surface area contributed by atoms with Gasteiger partial charge in [-0.05, 0) is 47.9 Å². The fourth-order valence-electron chi connectivity index (χ4n) is 2.15. The molecule has 0 aromatic carbocycles. The molecular weight excluding hydrogens is 294 g/mol. The van der Waals surface area contributed by atoms with E-state index in [-0.39, 0.29) is 5.91 Å². The van der Waals surface area contributed by atoms with Crippen LogP contribution < -0.4 is 5.32 Å². The molecule has 18 heavy (non-hydrogen) atoms. The lowest BCUT2D eigenvalue weighted by molar-refractivity contribution is 0.0946. The molecule has 0 unspecified atom stereocenters. The number of nitrogens with one attached hydrogen (secondary N) is 1. The molecule has 1 aromatic heterocycles. The number of hydrogen-bond acceptors (Lipinski definition) is 3. The fourth-order valence-corrected chi connectivity index (χ4v) is 2.51. The van der Waals surface area contributed by atoms with Crippen molar-refractivity contribution in [2.45, 2.75) is 19.3 Å². The summed E-state index contributed by atoms with van der Waals surface area (Å²) >= 11 is 3.31. The van der Waals surface area contributed by atoms with Crippen molar-refractivity contribution in [2.24, 2.45) is 0 Å². The molecule has 1 aliphatic rings. The van der Waals surface area contributed by atoms with Crippen LogP contribution in [-0.2, 0) is 0 Å². The van der Waals surface area contributed by atoms with E-state index >= 15 is 0 Å². The maximum absolute atomic E-state index is 11.8. The number of amides is 1. The van der Waals surface area contributed by atoms with Gasteiger partial charge in [0.05, 0.1) is 5.56 Å². The number of nitrogens with zero attached hydrogens (tertiary/aromatic N) is 2. The summed E-state index contributed by atoms with van der Waals surface area (Å²) in [6.07, 6.45) is 7.16. The third kappa shape index (κ3) is 4.07. The summed E-state index contributed by atoms with van der Waals surface area (Å²) in [4.78, 5) is 18.2. The van der Waals surface area contributed by atoms with Gasteiger partial charge in [0, 0.05) is 30.0 Å². The van der Waals surface area contributed by atoms with Gasteiger partial charge in [0.25, 0.3) is 5.91 Å². The zero-order valence-electron chi connectivity index (χ0n) is 10.4. The summed E-state index contributed by atoms with van der Waals surface area (Å²) in [7, 11) is 0. The molecule has 2 rings (SSSR count). The van der Waals surface area contributed by atoms with Gasteiger partial charge >= 0.3 is 0 Å². The van der Waals surface area contributed by atoms with Gasteiger partial charge in [-0.15, -0.1) is 0 Å². The summed E-state index contributed by atoms with van der Waals surface area (Å²) in [5.74, 6) is -0.0548. The summed E-state index contributed by atoms with van der Waals surface area (Å²) in [5.41, 5.74) is 0.600. The predicted octanol–water partition coefficient (Wildman–Crippen LogP) is 2.06. The van der Waals surface area contributed by atoms with Crippen molar-refractivity contribution in [3.63, 3.8) is 0 Å². The van der Waals surface area contributed by atoms with Crippen LogP contribution >= 0.6 is 15.9 Å². The van der Waals surface area contributed by atoms with Crippen molar-refractivity contribution >= 4 is 21.8 Å². The van der Waals surface area contributed by atoms with E-state index in [4.69, 9.17) is 0 Å². The van der Waals surface area contributed by atoms with E-state index in [1.807, 2.05) is 0 Å². The van der Waals surface area contributed by atoms with Gasteiger partial charge in [-0.25, -0.2) is 0 Å². The number of piperidine rings is 1. The van der Waals surface area contributed by atoms with Crippen LogP contribution in [0.25, 0.3) is 0 Å². The highest BCUT2D eigenvalue weighted by atomic mass is 79.9. The minimum Gasteiger partial charge on any atom is -0.351 e. The van der Waals surface area contributed by atoms with Crippen molar-refractivity contribution in [1.82, 2.24) is 15.2 Å². The zero-order chi connectivity index (χ0) is 12.8. The van der Waals surface area contributed by atoms with E-state index in [0.717, 1.165) is 24.1 Å². The number of aromatic nitrogens is 1. The van der Waals surface area contributed by atoms with Crippen LogP contribution in [0.5, 0.6) is 0 Å². The first-order valence-corrected chi connectivity index (χ1v) is 7.16. The number of carbonyl (C=O) groups excluding carboxylic acids is 1. The molecule has 1 fully saturated rings. The van der Waals surface area contributed by atoms with Crippen LogP contribution in [0, 0.1) is 0 Å². The number of pyridine rings is 1. The molecule has 0 saturated carbocycles. The quantitative estimate of drug-likeness (QED) is 0.925. The first-order valence-electron chi connectivity index (χ1n) is 6.37. The van der Waals surface area contributed by atoms with Crippen LogP contribution in [-0.4, -0.2) is 42.0 Å². The van der Waals surface area contributed by atoms with E-state index in [0.29, 0.717) is 12.1 Å². The second-order valence-electron chi connectivity index (χ2n) is 4.55. The maximum Gasteiger partial charge on any atom is 0.252 e. The minimum atomic E-state index is -0.0548. The predicted molar refractivity (Wildman–Crippen MR) is 74.6 cm³/mol. The Morgan fingerprint density at radius 3 is 2.83 bits per heavy atom. The molecule has 0 bridgehead atoms. The molecule has 1 amide bonds. The van der Waals surface area contributed by atoms with Gasteiger partial charge in [0.15, 0.2) is 0 Å². The van der Waals surface area contributed by atoms with Crippen LogP contribution in [0.15, 0.2) is 22.9 Å². The fraction of sp³-hybridized carbons (Fsp3) is 0.538. The molecule has 2 heterocycles. The van der Waals surface area contributed by atoms with Crippen LogP contribution in [0.2, 0.25) is 0 Å². The van der Waals surface area contributed by atoms with Gasteiger partial charge in [-0.3, -0.25) is 9.78 Å². The molecule has 0 radical (unpaired) electrons. The number of hydrogen-bond donors (Lipinski definition) is 1. The summed E-state index contributed by atoms with van der Waals surface area (Å²) in [6, 6.07) is 1.78. The third-order valence-corrected chi connectivity index (χ3v) is 3.56. The highest BCUT2D eigenvalue weighted by Crippen LogP contribution is 2.09. The zero-order valence-corrected chi connectivity index (χ0v) is 11.9.